The zero-order valence-electron chi connectivity index (χ0n) is 18.6. The molecule has 33 heavy (non-hydrogen) atoms. The number of hydrazone groups is 1. The summed E-state index contributed by atoms with van der Waals surface area (Å²) in [4.78, 5) is 12.5. The van der Waals surface area contributed by atoms with Crippen molar-refractivity contribution in [1.82, 2.24) is 9.99 Å². The van der Waals surface area contributed by atoms with Gasteiger partial charge in [-0.2, -0.15) is 10.4 Å². The molecule has 0 saturated heterocycles. The molecule has 4 aromatic rings. The van der Waals surface area contributed by atoms with Crippen LogP contribution < -0.4 is 10.2 Å². The Balaban J connectivity index is 1.59. The van der Waals surface area contributed by atoms with Gasteiger partial charge < -0.3 is 9.30 Å². The summed E-state index contributed by atoms with van der Waals surface area (Å²) >= 11 is 0. The van der Waals surface area contributed by atoms with Crippen molar-refractivity contribution in [3.63, 3.8) is 0 Å². The van der Waals surface area contributed by atoms with E-state index >= 15 is 0 Å². The van der Waals surface area contributed by atoms with Crippen LogP contribution in [0.5, 0.6) is 5.75 Å². The number of benzene rings is 3. The third-order valence-corrected chi connectivity index (χ3v) is 5.53. The molecule has 0 bridgehead atoms. The van der Waals surface area contributed by atoms with Crippen LogP contribution in [0, 0.1) is 18.3 Å². The van der Waals surface area contributed by atoms with Gasteiger partial charge in [-0.1, -0.05) is 36.4 Å². The lowest BCUT2D eigenvalue weighted by atomic mass is 10.1. The molecule has 1 heterocycles. The van der Waals surface area contributed by atoms with E-state index in [1.165, 1.54) is 0 Å². The van der Waals surface area contributed by atoms with Crippen LogP contribution in [0.1, 0.15) is 39.7 Å². The topological polar surface area (TPSA) is 79.4 Å². The van der Waals surface area contributed by atoms with Crippen molar-refractivity contribution in [2.24, 2.45) is 5.10 Å². The fourth-order valence-corrected chi connectivity index (χ4v) is 3.85. The summed E-state index contributed by atoms with van der Waals surface area (Å²) in [6, 6.07) is 24.9. The third-order valence-electron chi connectivity index (χ3n) is 5.53. The lowest BCUT2D eigenvalue weighted by molar-refractivity contribution is 0.0955. The highest BCUT2D eigenvalue weighted by molar-refractivity contribution is 6.02. The van der Waals surface area contributed by atoms with Gasteiger partial charge in [0.15, 0.2) is 0 Å². The number of ether oxygens (including phenoxy) is 1. The number of amides is 1. The first-order chi connectivity index (χ1) is 16.1. The monoisotopic (exact) mass is 436 g/mol. The van der Waals surface area contributed by atoms with Crippen LogP contribution >= 0.6 is 0 Å². The smallest absolute Gasteiger partial charge is 0.271 e. The van der Waals surface area contributed by atoms with Gasteiger partial charge in [0.2, 0.25) is 0 Å². The molecule has 3 aromatic carbocycles. The highest BCUT2D eigenvalue weighted by atomic mass is 16.5. The first-order valence-electron chi connectivity index (χ1n) is 10.7. The molecule has 0 fully saturated rings. The molecule has 0 aliphatic heterocycles. The Kier molecular flexibility index (Phi) is 6.51. The van der Waals surface area contributed by atoms with Gasteiger partial charge in [-0.3, -0.25) is 4.79 Å². The first-order valence-corrected chi connectivity index (χ1v) is 10.7. The number of fused-ring (bicyclic) bond motifs is 1. The van der Waals surface area contributed by atoms with Crippen LogP contribution in [0.4, 0.5) is 0 Å². The number of hydrogen-bond donors (Lipinski definition) is 1. The van der Waals surface area contributed by atoms with Crippen molar-refractivity contribution in [2.75, 3.05) is 6.61 Å². The van der Waals surface area contributed by atoms with E-state index in [4.69, 9.17) is 4.74 Å². The molecule has 0 spiro atoms. The second-order valence-electron chi connectivity index (χ2n) is 7.53. The summed E-state index contributed by atoms with van der Waals surface area (Å²) < 4.78 is 7.58. The van der Waals surface area contributed by atoms with Crippen LogP contribution in [0.15, 0.2) is 77.9 Å². The number of para-hydroxylation sites is 1. The maximum absolute atomic E-state index is 12.5. The zero-order chi connectivity index (χ0) is 23.2. The molecular weight excluding hydrogens is 412 g/mol. The van der Waals surface area contributed by atoms with Crippen molar-refractivity contribution < 1.29 is 9.53 Å². The van der Waals surface area contributed by atoms with E-state index in [0.29, 0.717) is 24.3 Å². The first kappa shape index (κ1) is 21.8. The largest absolute Gasteiger partial charge is 0.494 e. The molecule has 6 heteroatoms. The Morgan fingerprint density at radius 1 is 1.09 bits per heavy atom. The molecule has 0 radical (unpaired) electrons. The van der Waals surface area contributed by atoms with Gasteiger partial charge >= 0.3 is 0 Å². The summed E-state index contributed by atoms with van der Waals surface area (Å²) in [5, 5.41) is 14.7. The number of carbonyl (C=O) groups excluding carboxylic acids is 1. The molecule has 0 saturated carbocycles. The molecule has 6 nitrogen and oxygen atoms in total. The fraction of sp³-hybridized carbons (Fsp3) is 0.148. The maximum atomic E-state index is 12.5. The van der Waals surface area contributed by atoms with E-state index < -0.39 is 0 Å². The second kappa shape index (κ2) is 9.84. The quantitative estimate of drug-likeness (QED) is 0.326. The molecule has 0 atom stereocenters. The molecule has 1 N–H and O–H groups in total. The predicted octanol–water partition coefficient (Wildman–Crippen LogP) is 5.03. The summed E-state index contributed by atoms with van der Waals surface area (Å²) in [6.45, 7) is 5.08. The minimum absolute atomic E-state index is 0.293. The molecule has 164 valence electrons. The van der Waals surface area contributed by atoms with Crippen LogP contribution in [0.25, 0.3) is 10.9 Å². The van der Waals surface area contributed by atoms with Crippen LogP contribution in [0.3, 0.4) is 0 Å². The Morgan fingerprint density at radius 2 is 1.82 bits per heavy atom. The van der Waals surface area contributed by atoms with Crippen molar-refractivity contribution in [2.45, 2.75) is 20.4 Å². The molecule has 1 amide bonds. The van der Waals surface area contributed by atoms with Crippen molar-refractivity contribution in [1.29, 1.82) is 5.26 Å². The average molecular weight is 437 g/mol. The van der Waals surface area contributed by atoms with Crippen molar-refractivity contribution in [3.05, 3.63) is 101 Å². The van der Waals surface area contributed by atoms with Gasteiger partial charge in [0.05, 0.1) is 24.5 Å². The fourth-order valence-electron chi connectivity index (χ4n) is 3.85. The van der Waals surface area contributed by atoms with Gasteiger partial charge in [0.1, 0.15) is 5.75 Å². The number of nitrogens with zero attached hydrogens (tertiary/aromatic N) is 3. The minimum Gasteiger partial charge on any atom is -0.494 e. The summed E-state index contributed by atoms with van der Waals surface area (Å²) in [6.07, 6.45) is 1.68. The van der Waals surface area contributed by atoms with Crippen molar-refractivity contribution in [3.8, 4) is 11.8 Å². The van der Waals surface area contributed by atoms with E-state index in [-0.39, 0.29) is 5.91 Å². The van der Waals surface area contributed by atoms with Crippen LogP contribution in [-0.2, 0) is 6.54 Å². The van der Waals surface area contributed by atoms with Gasteiger partial charge in [-0.05, 0) is 55.8 Å². The average Bonchev–Trinajstić information content (AvgIpc) is 3.11. The Labute approximate surface area is 192 Å². The lowest BCUT2D eigenvalue weighted by Gasteiger charge is -2.10. The van der Waals surface area contributed by atoms with Crippen molar-refractivity contribution >= 4 is 23.0 Å². The Morgan fingerprint density at radius 3 is 2.58 bits per heavy atom. The van der Waals surface area contributed by atoms with Gasteiger partial charge in [-0.15, -0.1) is 0 Å². The van der Waals surface area contributed by atoms with E-state index in [0.717, 1.165) is 33.5 Å². The van der Waals surface area contributed by atoms with E-state index in [1.807, 2.05) is 62.4 Å². The number of carbonyl (C=O) groups is 1. The highest BCUT2D eigenvalue weighted by Gasteiger charge is 2.14. The highest BCUT2D eigenvalue weighted by Crippen LogP contribution is 2.26. The third kappa shape index (κ3) is 4.63. The molecule has 1 aromatic heterocycles. The van der Waals surface area contributed by atoms with E-state index in [2.05, 4.69) is 21.2 Å². The molecule has 0 unspecified atom stereocenters. The summed E-state index contributed by atoms with van der Waals surface area (Å²) in [5.74, 6) is 0.428. The zero-order valence-corrected chi connectivity index (χ0v) is 18.6. The molecule has 0 aliphatic carbocycles. The minimum atomic E-state index is -0.293. The lowest BCUT2D eigenvalue weighted by Crippen LogP contribution is -2.17. The standard InChI is InChI=1S/C27H24N4O2/c1-3-33-23-14-12-20(13-15-23)27(32)30-29-17-25-19(2)31(26-11-7-6-10-24(25)26)18-22-9-5-4-8-21(22)16-28/h4-15,17H,3,18H2,1-2H3,(H,30,32)/b29-17-. The number of nitrogens with one attached hydrogen (secondary N) is 1. The molecule has 0 aliphatic rings. The van der Waals surface area contributed by atoms with Gasteiger partial charge in [0.25, 0.3) is 5.91 Å². The summed E-state index contributed by atoms with van der Waals surface area (Å²) in [7, 11) is 0. The van der Waals surface area contributed by atoms with Crippen LogP contribution in [0.2, 0.25) is 0 Å². The number of nitriles is 1. The normalized spacial score (nSPS) is 10.9. The van der Waals surface area contributed by atoms with Gasteiger partial charge in [0, 0.05) is 34.3 Å². The molecular formula is C27H24N4O2. The van der Waals surface area contributed by atoms with E-state index in [1.54, 1.807) is 30.5 Å². The Bertz CT molecular complexity index is 1360. The second-order valence-corrected chi connectivity index (χ2v) is 7.53. The van der Waals surface area contributed by atoms with E-state index in [9.17, 15) is 10.1 Å². The van der Waals surface area contributed by atoms with Crippen LogP contribution in [-0.4, -0.2) is 23.3 Å². The predicted molar refractivity (Wildman–Crippen MR) is 130 cm³/mol. The number of rotatable bonds is 7. The van der Waals surface area contributed by atoms with Gasteiger partial charge in [-0.25, -0.2) is 5.43 Å². The number of aromatic nitrogens is 1. The SMILES string of the molecule is CCOc1ccc(C(=O)N/N=C\c2c(C)n(Cc3ccccc3C#N)c3ccccc23)cc1. The summed E-state index contributed by atoms with van der Waals surface area (Å²) in [5.41, 5.74) is 7.69. The Hall–Kier alpha value is -4.37. The molecule has 4 rings (SSSR count). The number of hydrogen-bond acceptors (Lipinski definition) is 4. The maximum Gasteiger partial charge on any atom is 0.271 e.